The van der Waals surface area contributed by atoms with Crippen LogP contribution in [0, 0.1) is 5.92 Å². The number of fused-ring (bicyclic) bond motifs is 1. The van der Waals surface area contributed by atoms with Gasteiger partial charge in [-0.15, -0.1) is 11.3 Å². The minimum absolute atomic E-state index is 0.0481. The molecule has 0 bridgehead atoms. The number of ether oxygens (including phenoxy) is 1. The van der Waals surface area contributed by atoms with Crippen molar-refractivity contribution < 1.29 is 14.3 Å². The lowest BCUT2D eigenvalue weighted by Crippen LogP contribution is -2.34. The predicted octanol–water partition coefficient (Wildman–Crippen LogP) is 4.25. The fraction of sp³-hybridized carbons (Fsp3) is 0.400. The highest BCUT2D eigenvalue weighted by molar-refractivity contribution is 7.14. The van der Waals surface area contributed by atoms with Crippen LogP contribution in [0.5, 0.6) is 5.75 Å². The summed E-state index contributed by atoms with van der Waals surface area (Å²) in [5.41, 5.74) is 1.76. The van der Waals surface area contributed by atoms with Gasteiger partial charge in [0.2, 0.25) is 5.91 Å². The first kappa shape index (κ1) is 19.7. The van der Waals surface area contributed by atoms with Gasteiger partial charge >= 0.3 is 0 Å². The van der Waals surface area contributed by atoms with Crippen LogP contribution in [-0.4, -0.2) is 37.4 Å². The van der Waals surface area contributed by atoms with Crippen LogP contribution in [0.15, 0.2) is 24.3 Å². The lowest BCUT2D eigenvalue weighted by Gasteiger charge is -2.17. The molecule has 3 rings (SSSR count). The van der Waals surface area contributed by atoms with E-state index in [4.69, 9.17) is 16.3 Å². The standard InChI is InChI=1S/C20H23ClN2O3S/c1-12-4-7-17-13(8-12)9-18(27-17)20(25)23(2)11-19(24)22-15-10-14(21)5-6-16(15)26-3/h5-6,9-10,12H,4,7-8,11H2,1-3H3,(H,22,24)/t12-/m1/s1. The Morgan fingerprint density at radius 1 is 1.37 bits per heavy atom. The Bertz CT molecular complexity index is 865. The minimum atomic E-state index is -0.304. The molecule has 0 fully saturated rings. The second-order valence-corrected chi connectivity index (χ2v) is 8.53. The van der Waals surface area contributed by atoms with E-state index in [1.54, 1.807) is 36.6 Å². The van der Waals surface area contributed by atoms with Crippen molar-refractivity contribution >= 4 is 40.4 Å². The van der Waals surface area contributed by atoms with Crippen molar-refractivity contribution in [3.8, 4) is 5.75 Å². The molecule has 1 N–H and O–H groups in total. The Hall–Kier alpha value is -2.05. The third-order valence-corrected chi connectivity index (χ3v) is 6.16. The third kappa shape index (κ3) is 4.62. The average Bonchev–Trinajstić information content (AvgIpc) is 3.04. The molecule has 2 amide bonds. The van der Waals surface area contributed by atoms with E-state index in [0.717, 1.165) is 12.8 Å². The van der Waals surface area contributed by atoms with Crippen LogP contribution in [-0.2, 0) is 17.6 Å². The first-order chi connectivity index (χ1) is 12.9. The molecule has 2 aromatic rings. The molecule has 0 spiro atoms. The Morgan fingerprint density at radius 3 is 2.89 bits per heavy atom. The molecule has 0 saturated heterocycles. The Morgan fingerprint density at radius 2 is 2.15 bits per heavy atom. The van der Waals surface area contributed by atoms with Gasteiger partial charge in [0.05, 0.1) is 24.2 Å². The first-order valence-electron chi connectivity index (χ1n) is 8.87. The number of amides is 2. The molecule has 27 heavy (non-hydrogen) atoms. The van der Waals surface area contributed by atoms with Gasteiger partial charge in [0.25, 0.3) is 5.91 Å². The largest absolute Gasteiger partial charge is 0.495 e. The first-order valence-corrected chi connectivity index (χ1v) is 10.1. The van der Waals surface area contributed by atoms with Gasteiger partial charge in [-0.25, -0.2) is 0 Å². The van der Waals surface area contributed by atoms with Crippen LogP contribution in [0.3, 0.4) is 0 Å². The zero-order valence-corrected chi connectivity index (χ0v) is 17.2. The number of aryl methyl sites for hydroxylation is 1. The van der Waals surface area contributed by atoms with Crippen molar-refractivity contribution in [2.24, 2.45) is 5.92 Å². The van der Waals surface area contributed by atoms with Gasteiger partial charge in [-0.1, -0.05) is 18.5 Å². The zero-order valence-electron chi connectivity index (χ0n) is 15.7. The maximum atomic E-state index is 12.7. The van der Waals surface area contributed by atoms with Crippen LogP contribution in [0.25, 0.3) is 0 Å². The molecule has 144 valence electrons. The van der Waals surface area contributed by atoms with Gasteiger partial charge < -0.3 is 15.0 Å². The Labute approximate surface area is 168 Å². The number of halogens is 1. The molecule has 0 saturated carbocycles. The molecule has 0 radical (unpaired) electrons. The summed E-state index contributed by atoms with van der Waals surface area (Å²) in [7, 11) is 3.16. The number of hydrogen-bond donors (Lipinski definition) is 1. The van der Waals surface area contributed by atoms with Crippen molar-refractivity contribution in [2.75, 3.05) is 26.0 Å². The van der Waals surface area contributed by atoms with Crippen LogP contribution in [0.4, 0.5) is 5.69 Å². The highest BCUT2D eigenvalue weighted by Crippen LogP contribution is 2.32. The van der Waals surface area contributed by atoms with E-state index in [1.165, 1.54) is 28.9 Å². The number of benzene rings is 1. The van der Waals surface area contributed by atoms with Crippen LogP contribution >= 0.6 is 22.9 Å². The van der Waals surface area contributed by atoms with Gasteiger partial charge in [0.15, 0.2) is 0 Å². The highest BCUT2D eigenvalue weighted by Gasteiger charge is 2.23. The number of rotatable bonds is 5. The van der Waals surface area contributed by atoms with Crippen molar-refractivity contribution in [2.45, 2.75) is 26.2 Å². The van der Waals surface area contributed by atoms with Gasteiger partial charge in [0.1, 0.15) is 5.75 Å². The van der Waals surface area contributed by atoms with Crippen LogP contribution < -0.4 is 10.1 Å². The monoisotopic (exact) mass is 406 g/mol. The molecule has 7 heteroatoms. The number of likely N-dealkylation sites (N-methyl/N-ethyl adjacent to an activating group) is 1. The lowest BCUT2D eigenvalue weighted by molar-refractivity contribution is -0.116. The van der Waals surface area contributed by atoms with E-state index in [2.05, 4.69) is 12.2 Å². The number of carbonyl (C=O) groups is 2. The number of methoxy groups -OCH3 is 1. The molecule has 1 aliphatic carbocycles. The SMILES string of the molecule is COc1ccc(Cl)cc1NC(=O)CN(C)C(=O)c1cc2c(s1)CC[C@@H](C)C2. The molecular formula is C20H23ClN2O3S. The molecule has 5 nitrogen and oxygen atoms in total. The fourth-order valence-corrected chi connectivity index (χ4v) is 4.63. The smallest absolute Gasteiger partial charge is 0.264 e. The summed E-state index contributed by atoms with van der Waals surface area (Å²) in [6.45, 7) is 2.19. The summed E-state index contributed by atoms with van der Waals surface area (Å²) in [5, 5.41) is 3.25. The van der Waals surface area contributed by atoms with Crippen molar-refractivity contribution in [1.82, 2.24) is 4.90 Å². The Kier molecular flexibility index (Phi) is 6.07. The number of thiophene rings is 1. The molecule has 1 heterocycles. The second-order valence-electron chi connectivity index (χ2n) is 6.96. The number of carbonyl (C=O) groups excluding carboxylic acids is 2. The van der Waals surface area contributed by atoms with Gasteiger partial charge in [-0.05, 0) is 55.0 Å². The molecule has 1 atom stereocenters. The van der Waals surface area contributed by atoms with Gasteiger partial charge in [-0.3, -0.25) is 9.59 Å². The topological polar surface area (TPSA) is 58.6 Å². The van der Waals surface area contributed by atoms with E-state index in [-0.39, 0.29) is 18.4 Å². The number of nitrogens with zero attached hydrogens (tertiary/aromatic N) is 1. The van der Waals surface area contributed by atoms with Crippen molar-refractivity contribution in [1.29, 1.82) is 0 Å². The van der Waals surface area contributed by atoms with Crippen LogP contribution in [0.2, 0.25) is 5.02 Å². The van der Waals surface area contributed by atoms with E-state index < -0.39 is 0 Å². The maximum Gasteiger partial charge on any atom is 0.264 e. The van der Waals surface area contributed by atoms with Crippen molar-refractivity contribution in [3.05, 3.63) is 44.6 Å². The van der Waals surface area contributed by atoms with E-state index in [9.17, 15) is 9.59 Å². The van der Waals surface area contributed by atoms with E-state index in [1.807, 2.05) is 6.07 Å². The number of anilines is 1. The third-order valence-electron chi connectivity index (χ3n) is 4.70. The Balaban J connectivity index is 1.65. The van der Waals surface area contributed by atoms with E-state index in [0.29, 0.717) is 27.3 Å². The minimum Gasteiger partial charge on any atom is -0.495 e. The number of nitrogens with one attached hydrogen (secondary N) is 1. The summed E-state index contributed by atoms with van der Waals surface area (Å²) in [6, 6.07) is 6.98. The predicted molar refractivity (Wildman–Crippen MR) is 109 cm³/mol. The molecule has 1 aromatic heterocycles. The van der Waals surface area contributed by atoms with E-state index >= 15 is 0 Å². The lowest BCUT2D eigenvalue weighted by atomic mass is 9.90. The molecule has 1 aromatic carbocycles. The van der Waals surface area contributed by atoms with Crippen LogP contribution in [0.1, 0.15) is 33.5 Å². The highest BCUT2D eigenvalue weighted by atomic mass is 35.5. The fourth-order valence-electron chi connectivity index (χ4n) is 3.25. The summed E-state index contributed by atoms with van der Waals surface area (Å²) < 4.78 is 5.23. The van der Waals surface area contributed by atoms with Crippen molar-refractivity contribution in [3.63, 3.8) is 0 Å². The normalized spacial score (nSPS) is 15.8. The average molecular weight is 407 g/mol. The summed E-state index contributed by atoms with van der Waals surface area (Å²) in [4.78, 5) is 28.5. The zero-order chi connectivity index (χ0) is 19.6. The summed E-state index contributed by atoms with van der Waals surface area (Å²) in [6.07, 6.45) is 3.23. The quantitative estimate of drug-likeness (QED) is 0.807. The summed E-state index contributed by atoms with van der Waals surface area (Å²) >= 11 is 7.54. The van der Waals surface area contributed by atoms with Gasteiger partial charge in [-0.2, -0.15) is 0 Å². The maximum absolute atomic E-state index is 12.7. The number of hydrogen-bond acceptors (Lipinski definition) is 4. The molecule has 0 unspecified atom stereocenters. The second kappa shape index (κ2) is 8.31. The molecular weight excluding hydrogens is 384 g/mol. The van der Waals surface area contributed by atoms with Gasteiger partial charge in [0, 0.05) is 16.9 Å². The molecule has 1 aliphatic rings. The summed E-state index contributed by atoms with van der Waals surface area (Å²) in [5.74, 6) is 0.740. The molecule has 0 aliphatic heterocycles.